The summed E-state index contributed by atoms with van der Waals surface area (Å²) in [5, 5.41) is -0.285. The fourth-order valence-corrected chi connectivity index (χ4v) is 12.9. The standard InChI is InChI=1S/2C30H49FN2O5Si2/c2*1-19-15-14-16-20(2)24(19)37-26-21(3)17-33(28(34)32-26)27-23(31)25(38-40(12,13)30(7,8)9)22(36-27)18-35-39(10,11)29(4,5)6/h2*14-17,22-23,25,27H,18H2,1-13H3/t2*22-,23+,25?,27-/m00/s1. The molecular weight excluding hydrogens is 1090 g/mol. The maximum atomic E-state index is 16.3. The molecule has 14 nitrogen and oxygen atoms in total. The maximum Gasteiger partial charge on any atom is 0.353 e. The van der Waals surface area contributed by atoms with Gasteiger partial charge in [-0.25, -0.2) is 18.4 Å². The first-order valence-corrected chi connectivity index (χ1v) is 39.9. The molecule has 0 radical (unpaired) electrons. The minimum Gasteiger partial charge on any atom is -0.438 e. The molecule has 2 aromatic carbocycles. The highest BCUT2D eigenvalue weighted by Crippen LogP contribution is 2.46. The lowest BCUT2D eigenvalue weighted by Crippen LogP contribution is -2.50. The van der Waals surface area contributed by atoms with Gasteiger partial charge in [0.1, 0.15) is 35.9 Å². The Hall–Kier alpha value is -3.71. The van der Waals surface area contributed by atoms with Crippen LogP contribution in [0.2, 0.25) is 72.5 Å². The fraction of sp³-hybridized carbons (Fsp3) is 0.667. The van der Waals surface area contributed by atoms with E-state index < -0.39 is 93.9 Å². The molecule has 2 fully saturated rings. The Labute approximate surface area is 481 Å². The van der Waals surface area contributed by atoms with E-state index in [-0.39, 0.29) is 45.1 Å². The van der Waals surface area contributed by atoms with Crippen molar-refractivity contribution in [1.82, 2.24) is 19.1 Å². The van der Waals surface area contributed by atoms with Crippen LogP contribution in [-0.2, 0) is 27.2 Å². The van der Waals surface area contributed by atoms with Crippen molar-refractivity contribution in [3.8, 4) is 23.3 Å². The first kappa shape index (κ1) is 67.1. The Morgan fingerprint density at radius 1 is 0.475 bits per heavy atom. The summed E-state index contributed by atoms with van der Waals surface area (Å²) >= 11 is 0. The Kier molecular flexibility index (Phi) is 20.5. The lowest BCUT2D eigenvalue weighted by atomic mass is 10.1. The molecule has 8 atom stereocenters. The van der Waals surface area contributed by atoms with Gasteiger partial charge >= 0.3 is 11.4 Å². The van der Waals surface area contributed by atoms with Crippen LogP contribution in [0.25, 0.3) is 0 Å². The molecule has 0 N–H and O–H groups in total. The average Bonchev–Trinajstić information content (AvgIpc) is 3.78. The lowest BCUT2D eigenvalue weighted by molar-refractivity contribution is -0.0456. The molecule has 448 valence electrons. The van der Waals surface area contributed by atoms with Crippen molar-refractivity contribution in [2.45, 2.75) is 246 Å². The van der Waals surface area contributed by atoms with Crippen molar-refractivity contribution in [2.24, 2.45) is 0 Å². The number of benzene rings is 2. The number of hydrogen-bond donors (Lipinski definition) is 0. The molecule has 20 heteroatoms. The number of halogens is 2. The van der Waals surface area contributed by atoms with E-state index >= 15 is 8.78 Å². The zero-order valence-corrected chi connectivity index (χ0v) is 57.3. The van der Waals surface area contributed by atoms with Gasteiger partial charge in [0.25, 0.3) is 0 Å². The summed E-state index contributed by atoms with van der Waals surface area (Å²) in [6.07, 6.45) is -5.46. The summed E-state index contributed by atoms with van der Waals surface area (Å²) in [5.74, 6) is 1.70. The molecule has 80 heavy (non-hydrogen) atoms. The molecule has 0 spiro atoms. The maximum absolute atomic E-state index is 16.3. The third-order valence-electron chi connectivity index (χ3n) is 17.8. The number of para-hydroxylation sites is 2. The normalized spacial score (nSPS) is 22.6. The van der Waals surface area contributed by atoms with Crippen molar-refractivity contribution in [2.75, 3.05) is 13.2 Å². The zero-order chi connectivity index (χ0) is 60.8. The van der Waals surface area contributed by atoms with Crippen LogP contribution in [0, 0.1) is 41.5 Å². The van der Waals surface area contributed by atoms with Crippen molar-refractivity contribution < 1.29 is 45.4 Å². The summed E-state index contributed by atoms with van der Waals surface area (Å²) < 4.78 is 85.9. The van der Waals surface area contributed by atoms with Gasteiger partial charge in [0, 0.05) is 23.5 Å². The van der Waals surface area contributed by atoms with Gasteiger partial charge in [0.15, 0.2) is 58.1 Å². The van der Waals surface area contributed by atoms with Crippen molar-refractivity contribution in [3.05, 3.63) is 103 Å². The van der Waals surface area contributed by atoms with E-state index in [1.54, 1.807) is 26.2 Å². The van der Waals surface area contributed by atoms with Gasteiger partial charge in [-0.2, -0.15) is 9.97 Å². The fourth-order valence-electron chi connectivity index (χ4n) is 8.22. The largest absolute Gasteiger partial charge is 0.438 e. The average molecular weight is 1190 g/mol. The SMILES string of the molecule is Cc1cn([C@H]2O[C@@H](CO[Si](C)(C)C(C)(C)C)C(O[Si](C)(C)C(C)(C)C)[C@H]2F)c(=O)nc1Oc1c(C)cccc1C.Cc1cn([C@H]2O[C@@H](CO[Si](C)(C)C(C)(C)C)C(O[Si](C)(C)C(C)(C)C)[C@H]2F)c(=O)nc1Oc1c(C)cccc1C. The molecule has 2 aromatic heterocycles. The first-order valence-electron chi connectivity index (χ1n) is 28.2. The lowest BCUT2D eigenvalue weighted by Gasteiger charge is -2.40. The minimum atomic E-state index is -2.37. The number of aromatic nitrogens is 4. The smallest absolute Gasteiger partial charge is 0.353 e. The molecule has 0 amide bonds. The van der Waals surface area contributed by atoms with Crippen LogP contribution in [0.4, 0.5) is 8.78 Å². The van der Waals surface area contributed by atoms with Crippen LogP contribution in [0.1, 0.15) is 129 Å². The summed E-state index contributed by atoms with van der Waals surface area (Å²) in [6.45, 7) is 54.4. The molecule has 0 saturated carbocycles. The van der Waals surface area contributed by atoms with Gasteiger partial charge < -0.3 is 36.7 Å². The van der Waals surface area contributed by atoms with Gasteiger partial charge in [-0.05, 0) is 136 Å². The van der Waals surface area contributed by atoms with Crippen molar-refractivity contribution >= 4 is 33.3 Å². The van der Waals surface area contributed by atoms with Crippen LogP contribution in [0.15, 0.2) is 58.4 Å². The summed E-state index contributed by atoms with van der Waals surface area (Å²) in [6, 6.07) is 11.6. The topological polar surface area (TPSA) is 144 Å². The van der Waals surface area contributed by atoms with Crippen LogP contribution >= 0.6 is 0 Å². The number of aryl methyl sites for hydroxylation is 6. The quantitative estimate of drug-likeness (QED) is 0.0985. The first-order chi connectivity index (χ1) is 36.3. The van der Waals surface area contributed by atoms with E-state index in [2.05, 4.69) is 145 Å². The third-order valence-corrected chi connectivity index (χ3v) is 35.7. The molecule has 4 heterocycles. The molecule has 0 aliphatic carbocycles. The second kappa shape index (κ2) is 24.5. The molecule has 2 aliphatic heterocycles. The molecule has 4 aromatic rings. The third kappa shape index (κ3) is 15.1. The highest BCUT2D eigenvalue weighted by molar-refractivity contribution is 6.75. The van der Waals surface area contributed by atoms with E-state index in [9.17, 15) is 9.59 Å². The van der Waals surface area contributed by atoms with Gasteiger partial charge in [-0.15, -0.1) is 0 Å². The molecule has 6 rings (SSSR count). The van der Waals surface area contributed by atoms with Crippen LogP contribution < -0.4 is 20.9 Å². The Bertz CT molecular complexity index is 2690. The second-order valence-electron chi connectivity index (χ2n) is 28.3. The molecular formula is C60H98F2N4O10Si4. The van der Waals surface area contributed by atoms with Gasteiger partial charge in [-0.1, -0.05) is 119 Å². The summed E-state index contributed by atoms with van der Waals surface area (Å²) in [5.41, 5.74) is 3.65. The van der Waals surface area contributed by atoms with Gasteiger partial charge in [0.05, 0.1) is 13.2 Å². The van der Waals surface area contributed by atoms with E-state index in [1.165, 1.54) is 9.13 Å². The number of ether oxygens (including phenoxy) is 4. The Morgan fingerprint density at radius 3 is 1.01 bits per heavy atom. The van der Waals surface area contributed by atoms with Crippen molar-refractivity contribution in [1.29, 1.82) is 0 Å². The van der Waals surface area contributed by atoms with Crippen LogP contribution in [0.3, 0.4) is 0 Å². The molecule has 2 aliphatic rings. The van der Waals surface area contributed by atoms with E-state index in [1.807, 2.05) is 64.1 Å². The number of hydrogen-bond acceptors (Lipinski definition) is 12. The van der Waals surface area contributed by atoms with E-state index in [0.717, 1.165) is 22.3 Å². The molecule has 2 saturated heterocycles. The van der Waals surface area contributed by atoms with E-state index in [4.69, 9.17) is 36.7 Å². The predicted octanol–water partition coefficient (Wildman–Crippen LogP) is 15.2. The Morgan fingerprint density at radius 2 is 0.750 bits per heavy atom. The Balaban J connectivity index is 0.000000294. The summed E-state index contributed by atoms with van der Waals surface area (Å²) in [7, 11) is -9.02. The second-order valence-corrected chi connectivity index (χ2v) is 47.5. The summed E-state index contributed by atoms with van der Waals surface area (Å²) in [4.78, 5) is 34.9. The van der Waals surface area contributed by atoms with Gasteiger partial charge in [-0.3, -0.25) is 9.13 Å². The predicted molar refractivity (Wildman–Crippen MR) is 326 cm³/mol. The highest BCUT2D eigenvalue weighted by atomic mass is 28.4. The number of alkyl halides is 2. The van der Waals surface area contributed by atoms with Crippen LogP contribution in [-0.4, -0.2) is 102 Å². The molecule has 0 bridgehead atoms. The minimum absolute atomic E-state index is 0.0147. The van der Waals surface area contributed by atoms with Crippen molar-refractivity contribution in [3.63, 3.8) is 0 Å². The van der Waals surface area contributed by atoms with E-state index in [0.29, 0.717) is 22.6 Å². The molecule has 2 unspecified atom stereocenters. The van der Waals surface area contributed by atoms with Gasteiger partial charge in [0.2, 0.25) is 11.8 Å². The number of rotatable bonds is 16. The van der Waals surface area contributed by atoms with Crippen LogP contribution in [0.5, 0.6) is 23.3 Å². The zero-order valence-electron chi connectivity index (χ0n) is 53.3. The number of nitrogens with zero attached hydrogens (tertiary/aromatic N) is 4. The monoisotopic (exact) mass is 1180 g/mol. The highest BCUT2D eigenvalue weighted by Gasteiger charge is 2.54.